The summed E-state index contributed by atoms with van der Waals surface area (Å²) in [5, 5.41) is 23.3. The monoisotopic (exact) mass is 372 g/mol. The normalized spacial score (nSPS) is 11.1. The molecule has 3 aromatic carbocycles. The third-order valence-electron chi connectivity index (χ3n) is 4.77. The summed E-state index contributed by atoms with van der Waals surface area (Å²) in [7, 11) is 0. The number of hydrogen-bond donors (Lipinski definition) is 2. The summed E-state index contributed by atoms with van der Waals surface area (Å²) < 4.78 is 0. The highest BCUT2D eigenvalue weighted by Crippen LogP contribution is 2.29. The second kappa shape index (κ2) is 7.72. The molecule has 4 aromatic rings. The van der Waals surface area contributed by atoms with Gasteiger partial charge in [0, 0.05) is 11.4 Å². The van der Waals surface area contributed by atoms with Crippen molar-refractivity contribution in [2.45, 2.75) is 33.1 Å². The van der Waals surface area contributed by atoms with Crippen LogP contribution in [0.25, 0.3) is 16.7 Å². The Bertz CT molecular complexity index is 1100. The van der Waals surface area contributed by atoms with Crippen molar-refractivity contribution in [1.82, 2.24) is 15.0 Å². The summed E-state index contributed by atoms with van der Waals surface area (Å²) in [6.07, 6.45) is 2.98. The Morgan fingerprint density at radius 3 is 2.50 bits per heavy atom. The molecule has 0 fully saturated rings. The number of aromatic hydroxyl groups is 1. The van der Waals surface area contributed by atoms with E-state index in [-0.39, 0.29) is 5.75 Å². The standard InChI is InChI=1S/C23H24N4O/c1-3-4-8-17-13-16(2)14-22(23(17)28)27-25-20-12-11-19(15-21(20)26-27)24-18-9-6-5-7-10-18/h5-7,9-15,24,28H,3-4,8H2,1-2H3. The van der Waals surface area contributed by atoms with Crippen molar-refractivity contribution < 1.29 is 5.11 Å². The maximum Gasteiger partial charge on any atom is 0.146 e. The Balaban J connectivity index is 1.69. The number of aromatic nitrogens is 3. The van der Waals surface area contributed by atoms with Gasteiger partial charge in [0.25, 0.3) is 0 Å². The zero-order chi connectivity index (χ0) is 19.5. The van der Waals surface area contributed by atoms with Crippen LogP contribution in [-0.2, 0) is 6.42 Å². The number of phenolic OH excluding ortho intramolecular Hbond substituents is 1. The number of nitrogens with zero attached hydrogens (tertiary/aromatic N) is 3. The van der Waals surface area contributed by atoms with E-state index in [4.69, 9.17) is 0 Å². The number of phenols is 1. The van der Waals surface area contributed by atoms with Crippen LogP contribution in [0.2, 0.25) is 0 Å². The van der Waals surface area contributed by atoms with E-state index >= 15 is 0 Å². The number of aryl methyl sites for hydroxylation is 2. The van der Waals surface area contributed by atoms with Crippen LogP contribution in [0.4, 0.5) is 11.4 Å². The maximum atomic E-state index is 10.8. The van der Waals surface area contributed by atoms with Crippen molar-refractivity contribution in [3.05, 3.63) is 71.8 Å². The van der Waals surface area contributed by atoms with Gasteiger partial charge in [-0.3, -0.25) is 0 Å². The summed E-state index contributed by atoms with van der Waals surface area (Å²) in [6, 6.07) is 19.9. The van der Waals surface area contributed by atoms with Crippen LogP contribution in [0.3, 0.4) is 0 Å². The third-order valence-corrected chi connectivity index (χ3v) is 4.77. The smallest absolute Gasteiger partial charge is 0.146 e. The molecule has 1 heterocycles. The average Bonchev–Trinajstić information content (AvgIpc) is 3.12. The Kier molecular flexibility index (Phi) is 4.98. The Morgan fingerprint density at radius 2 is 1.71 bits per heavy atom. The van der Waals surface area contributed by atoms with E-state index in [1.807, 2.05) is 67.6 Å². The van der Waals surface area contributed by atoms with E-state index in [0.29, 0.717) is 5.69 Å². The maximum absolute atomic E-state index is 10.8. The molecular formula is C23H24N4O. The fraction of sp³-hybridized carbons (Fsp3) is 0.217. The van der Waals surface area contributed by atoms with E-state index in [2.05, 4.69) is 22.4 Å². The zero-order valence-corrected chi connectivity index (χ0v) is 16.2. The van der Waals surface area contributed by atoms with Crippen molar-refractivity contribution in [2.75, 3.05) is 5.32 Å². The number of para-hydroxylation sites is 1. The van der Waals surface area contributed by atoms with E-state index < -0.39 is 0 Å². The van der Waals surface area contributed by atoms with Crippen LogP contribution < -0.4 is 5.32 Å². The second-order valence-corrected chi connectivity index (χ2v) is 7.08. The molecule has 0 bridgehead atoms. The molecule has 4 rings (SSSR count). The van der Waals surface area contributed by atoms with Gasteiger partial charge in [0.15, 0.2) is 0 Å². The molecule has 0 radical (unpaired) electrons. The van der Waals surface area contributed by atoms with Gasteiger partial charge in [-0.1, -0.05) is 37.6 Å². The van der Waals surface area contributed by atoms with Crippen LogP contribution >= 0.6 is 0 Å². The molecule has 0 unspecified atom stereocenters. The molecule has 0 atom stereocenters. The van der Waals surface area contributed by atoms with Crippen molar-refractivity contribution >= 4 is 22.4 Å². The first-order valence-electron chi connectivity index (χ1n) is 9.66. The van der Waals surface area contributed by atoms with Crippen LogP contribution in [0, 0.1) is 6.92 Å². The molecule has 0 aliphatic carbocycles. The van der Waals surface area contributed by atoms with Crippen molar-refractivity contribution in [3.63, 3.8) is 0 Å². The van der Waals surface area contributed by atoms with Gasteiger partial charge in [-0.15, -0.1) is 15.0 Å². The summed E-state index contributed by atoms with van der Waals surface area (Å²) >= 11 is 0. The Labute approximate surface area is 164 Å². The lowest BCUT2D eigenvalue weighted by Gasteiger charge is -2.10. The minimum absolute atomic E-state index is 0.266. The SMILES string of the molecule is CCCCc1cc(C)cc(-n2nc3ccc(Nc4ccccc4)cc3n2)c1O. The van der Waals surface area contributed by atoms with Crippen molar-refractivity contribution in [3.8, 4) is 11.4 Å². The molecule has 0 amide bonds. The molecule has 0 aliphatic rings. The Hall–Kier alpha value is -3.34. The van der Waals surface area contributed by atoms with Gasteiger partial charge in [-0.2, -0.15) is 0 Å². The molecule has 0 aliphatic heterocycles. The van der Waals surface area contributed by atoms with Crippen LogP contribution in [0.5, 0.6) is 5.75 Å². The summed E-state index contributed by atoms with van der Waals surface area (Å²) in [4.78, 5) is 1.54. The van der Waals surface area contributed by atoms with Crippen molar-refractivity contribution in [1.29, 1.82) is 0 Å². The summed E-state index contributed by atoms with van der Waals surface area (Å²) in [5.74, 6) is 0.266. The number of unbranched alkanes of at least 4 members (excludes halogenated alkanes) is 1. The van der Waals surface area contributed by atoms with E-state index in [1.165, 1.54) is 4.80 Å². The predicted molar refractivity (Wildman–Crippen MR) is 114 cm³/mol. The van der Waals surface area contributed by atoms with Gasteiger partial charge < -0.3 is 10.4 Å². The summed E-state index contributed by atoms with van der Waals surface area (Å²) in [6.45, 7) is 4.18. The second-order valence-electron chi connectivity index (χ2n) is 7.08. The predicted octanol–water partition coefficient (Wildman–Crippen LogP) is 5.52. The molecule has 0 saturated heterocycles. The van der Waals surface area contributed by atoms with Gasteiger partial charge in [-0.05, 0) is 67.3 Å². The molecule has 1 aromatic heterocycles. The van der Waals surface area contributed by atoms with E-state index in [1.54, 1.807) is 0 Å². The number of anilines is 2. The van der Waals surface area contributed by atoms with Crippen LogP contribution in [0.1, 0.15) is 30.9 Å². The average molecular weight is 372 g/mol. The van der Waals surface area contributed by atoms with Crippen LogP contribution in [-0.4, -0.2) is 20.1 Å². The fourth-order valence-corrected chi connectivity index (χ4v) is 3.33. The third kappa shape index (κ3) is 3.69. The molecular weight excluding hydrogens is 348 g/mol. The highest BCUT2D eigenvalue weighted by atomic mass is 16.3. The molecule has 2 N–H and O–H groups in total. The lowest BCUT2D eigenvalue weighted by molar-refractivity contribution is 0.459. The largest absolute Gasteiger partial charge is 0.505 e. The number of benzene rings is 3. The van der Waals surface area contributed by atoms with Gasteiger partial charge in [0.1, 0.15) is 22.5 Å². The highest BCUT2D eigenvalue weighted by Gasteiger charge is 2.14. The highest BCUT2D eigenvalue weighted by molar-refractivity contribution is 5.80. The van der Waals surface area contributed by atoms with Crippen LogP contribution in [0.15, 0.2) is 60.7 Å². The number of rotatable bonds is 6. The molecule has 0 spiro atoms. The number of hydrogen-bond acceptors (Lipinski definition) is 4. The minimum Gasteiger partial charge on any atom is -0.505 e. The van der Waals surface area contributed by atoms with Gasteiger partial charge in [0.2, 0.25) is 0 Å². The minimum atomic E-state index is 0.266. The zero-order valence-electron chi connectivity index (χ0n) is 16.2. The van der Waals surface area contributed by atoms with Gasteiger partial charge in [0.05, 0.1) is 0 Å². The van der Waals surface area contributed by atoms with E-state index in [0.717, 1.165) is 52.8 Å². The lowest BCUT2D eigenvalue weighted by Crippen LogP contribution is -2.02. The van der Waals surface area contributed by atoms with E-state index in [9.17, 15) is 5.11 Å². The number of nitrogens with one attached hydrogen (secondary N) is 1. The molecule has 5 nitrogen and oxygen atoms in total. The molecule has 0 saturated carbocycles. The topological polar surface area (TPSA) is 63.0 Å². The quantitative estimate of drug-likeness (QED) is 0.468. The Morgan fingerprint density at radius 1 is 0.929 bits per heavy atom. The molecule has 5 heteroatoms. The first-order chi connectivity index (χ1) is 13.6. The summed E-state index contributed by atoms with van der Waals surface area (Å²) in [5.41, 5.74) is 6.19. The van der Waals surface area contributed by atoms with Gasteiger partial charge in [-0.25, -0.2) is 0 Å². The van der Waals surface area contributed by atoms with Crippen molar-refractivity contribution in [2.24, 2.45) is 0 Å². The number of fused-ring (bicyclic) bond motifs is 1. The molecule has 28 heavy (non-hydrogen) atoms. The fourth-order valence-electron chi connectivity index (χ4n) is 3.33. The first-order valence-corrected chi connectivity index (χ1v) is 9.66. The lowest BCUT2D eigenvalue weighted by atomic mass is 10.0. The first kappa shape index (κ1) is 18.0. The van der Waals surface area contributed by atoms with Gasteiger partial charge >= 0.3 is 0 Å². The molecule has 142 valence electrons.